The Morgan fingerprint density at radius 3 is 2.73 bits per heavy atom. The van der Waals surface area contributed by atoms with E-state index in [0.29, 0.717) is 6.54 Å². The maximum Gasteiger partial charge on any atom is 0.296 e. The molecule has 0 bridgehead atoms. The van der Waals surface area contributed by atoms with E-state index in [4.69, 9.17) is 5.73 Å². The fraction of sp³-hybridized carbons (Fsp3) is 0.250. The van der Waals surface area contributed by atoms with Crippen LogP contribution in [-0.4, -0.2) is 18.5 Å². The number of nitrogens with two attached hydrogens (primary N) is 1. The lowest BCUT2D eigenvalue weighted by Crippen LogP contribution is -2.37. The maximum absolute atomic E-state index is 11.2. The van der Waals surface area contributed by atoms with Gasteiger partial charge >= 0.3 is 0 Å². The van der Waals surface area contributed by atoms with Crippen LogP contribution in [0.2, 0.25) is 0 Å². The first-order valence-corrected chi connectivity index (χ1v) is 4.80. The molecule has 0 aromatic heterocycles. The molecule has 0 saturated carbocycles. The molecule has 0 aliphatic rings. The Morgan fingerprint density at radius 2 is 2.13 bits per heavy atom. The number of carbonyl (C=O) groups is 1. The van der Waals surface area contributed by atoms with Crippen LogP contribution in [0.5, 0.6) is 0 Å². The summed E-state index contributed by atoms with van der Waals surface area (Å²) >= 11 is 0. The summed E-state index contributed by atoms with van der Waals surface area (Å²) in [6.45, 7) is 2.25. The number of hydrogen-bond donors (Lipinski definition) is 2. The van der Waals surface area contributed by atoms with E-state index in [1.54, 1.807) is 0 Å². The summed E-state index contributed by atoms with van der Waals surface area (Å²) in [5.74, 6) is 4.98. The van der Waals surface area contributed by atoms with Crippen LogP contribution in [0.4, 0.5) is 0 Å². The van der Waals surface area contributed by atoms with Gasteiger partial charge in [0.1, 0.15) is 0 Å². The fourth-order valence-corrected chi connectivity index (χ4v) is 0.969. The summed E-state index contributed by atoms with van der Waals surface area (Å²) in [6, 6.07) is 9.33. The predicted molar refractivity (Wildman–Crippen MR) is 60.0 cm³/mol. The van der Waals surface area contributed by atoms with Gasteiger partial charge in [0.05, 0.1) is 0 Å². The van der Waals surface area contributed by atoms with Crippen molar-refractivity contribution in [2.45, 2.75) is 13.0 Å². The highest BCUT2D eigenvalue weighted by Gasteiger charge is 2.00. The standard InChI is InChI=1S/C12H14N2O/c1-10(9-13)14-12(15)8-7-11-5-3-2-4-6-11/h2-6,10H,9,13H2,1H3,(H,14,15)/t10-/m1/s1. The third kappa shape index (κ3) is 4.30. The van der Waals surface area contributed by atoms with Gasteiger partial charge in [-0.15, -0.1) is 0 Å². The van der Waals surface area contributed by atoms with Crippen molar-refractivity contribution < 1.29 is 4.79 Å². The van der Waals surface area contributed by atoms with Crippen LogP contribution in [-0.2, 0) is 4.79 Å². The van der Waals surface area contributed by atoms with E-state index in [-0.39, 0.29) is 11.9 Å². The van der Waals surface area contributed by atoms with Gasteiger partial charge in [0.15, 0.2) is 0 Å². The Labute approximate surface area is 89.7 Å². The average Bonchev–Trinajstić information content (AvgIpc) is 2.27. The number of hydrogen-bond acceptors (Lipinski definition) is 2. The Hall–Kier alpha value is -1.79. The van der Waals surface area contributed by atoms with Gasteiger partial charge in [0.2, 0.25) is 0 Å². The summed E-state index contributed by atoms with van der Waals surface area (Å²) in [6.07, 6.45) is 0. The predicted octanol–water partition coefficient (Wildman–Crippen LogP) is 0.501. The third-order valence-electron chi connectivity index (χ3n) is 1.83. The van der Waals surface area contributed by atoms with Crippen molar-refractivity contribution in [3.8, 4) is 11.8 Å². The van der Waals surface area contributed by atoms with Crippen molar-refractivity contribution in [2.24, 2.45) is 5.73 Å². The molecule has 3 heteroatoms. The lowest BCUT2D eigenvalue weighted by molar-refractivity contribution is -0.116. The molecule has 0 aliphatic carbocycles. The van der Waals surface area contributed by atoms with Gasteiger partial charge < -0.3 is 11.1 Å². The molecule has 0 saturated heterocycles. The molecule has 1 amide bonds. The van der Waals surface area contributed by atoms with E-state index >= 15 is 0 Å². The molecule has 0 fully saturated rings. The van der Waals surface area contributed by atoms with Crippen LogP contribution in [0.25, 0.3) is 0 Å². The maximum atomic E-state index is 11.2. The van der Waals surface area contributed by atoms with Crippen molar-refractivity contribution in [1.82, 2.24) is 5.32 Å². The number of amides is 1. The van der Waals surface area contributed by atoms with Crippen molar-refractivity contribution >= 4 is 5.91 Å². The number of benzene rings is 1. The van der Waals surface area contributed by atoms with Crippen LogP contribution in [0.1, 0.15) is 12.5 Å². The van der Waals surface area contributed by atoms with Gasteiger partial charge in [-0.3, -0.25) is 4.79 Å². The topological polar surface area (TPSA) is 55.1 Å². The quantitative estimate of drug-likeness (QED) is 0.686. The van der Waals surface area contributed by atoms with Gasteiger partial charge in [0.25, 0.3) is 5.91 Å². The molecule has 0 unspecified atom stereocenters. The minimum atomic E-state index is -0.295. The fourth-order valence-electron chi connectivity index (χ4n) is 0.969. The van der Waals surface area contributed by atoms with Crippen LogP contribution < -0.4 is 11.1 Å². The SMILES string of the molecule is C[C@H](CN)NC(=O)C#Cc1ccccc1. The number of carbonyl (C=O) groups excluding carboxylic acids is 1. The van der Waals surface area contributed by atoms with Crippen molar-refractivity contribution in [3.63, 3.8) is 0 Å². The molecule has 0 aliphatic heterocycles. The van der Waals surface area contributed by atoms with Gasteiger partial charge in [0, 0.05) is 24.1 Å². The molecular formula is C12H14N2O. The summed E-state index contributed by atoms with van der Waals surface area (Å²) in [5, 5.41) is 2.66. The smallest absolute Gasteiger partial charge is 0.296 e. The summed E-state index contributed by atoms with van der Waals surface area (Å²) < 4.78 is 0. The van der Waals surface area contributed by atoms with Gasteiger partial charge in [-0.05, 0) is 19.1 Å². The van der Waals surface area contributed by atoms with Crippen LogP contribution in [0.3, 0.4) is 0 Å². The highest BCUT2D eigenvalue weighted by molar-refractivity contribution is 5.94. The minimum absolute atomic E-state index is 0.0393. The van der Waals surface area contributed by atoms with E-state index in [1.807, 2.05) is 37.3 Å². The molecule has 1 atom stereocenters. The Balaban J connectivity index is 2.55. The highest BCUT2D eigenvalue weighted by Crippen LogP contribution is 1.94. The van der Waals surface area contributed by atoms with Gasteiger partial charge in [-0.1, -0.05) is 24.1 Å². The molecular weight excluding hydrogens is 188 g/mol. The Kier molecular flexibility index (Phi) is 4.39. The largest absolute Gasteiger partial charge is 0.342 e. The summed E-state index contributed by atoms with van der Waals surface area (Å²) in [5.41, 5.74) is 6.19. The molecule has 3 N–H and O–H groups in total. The molecule has 78 valence electrons. The Morgan fingerprint density at radius 1 is 1.47 bits per heavy atom. The zero-order valence-corrected chi connectivity index (χ0v) is 8.66. The number of nitrogens with one attached hydrogen (secondary N) is 1. The molecule has 0 radical (unpaired) electrons. The highest BCUT2D eigenvalue weighted by atomic mass is 16.1. The van der Waals surface area contributed by atoms with Crippen LogP contribution in [0, 0.1) is 11.8 Å². The lowest BCUT2D eigenvalue weighted by Gasteiger charge is -2.06. The monoisotopic (exact) mass is 202 g/mol. The first-order valence-electron chi connectivity index (χ1n) is 4.80. The van der Waals surface area contributed by atoms with Crippen LogP contribution >= 0.6 is 0 Å². The molecule has 0 spiro atoms. The van der Waals surface area contributed by atoms with Crippen molar-refractivity contribution in [3.05, 3.63) is 35.9 Å². The Bertz CT molecular complexity index is 376. The second kappa shape index (κ2) is 5.84. The molecule has 3 nitrogen and oxygen atoms in total. The van der Waals surface area contributed by atoms with Crippen molar-refractivity contribution in [1.29, 1.82) is 0 Å². The van der Waals surface area contributed by atoms with Crippen LogP contribution in [0.15, 0.2) is 30.3 Å². The summed E-state index contributed by atoms with van der Waals surface area (Å²) in [7, 11) is 0. The second-order valence-electron chi connectivity index (χ2n) is 3.23. The van der Waals surface area contributed by atoms with Gasteiger partial charge in [-0.2, -0.15) is 0 Å². The second-order valence-corrected chi connectivity index (χ2v) is 3.23. The van der Waals surface area contributed by atoms with Crippen molar-refractivity contribution in [2.75, 3.05) is 6.54 Å². The minimum Gasteiger partial charge on any atom is -0.342 e. The first kappa shape index (κ1) is 11.3. The van der Waals surface area contributed by atoms with E-state index in [9.17, 15) is 4.79 Å². The zero-order valence-electron chi connectivity index (χ0n) is 8.66. The van der Waals surface area contributed by atoms with E-state index < -0.39 is 0 Å². The normalized spacial score (nSPS) is 11.1. The molecule has 1 aromatic carbocycles. The molecule has 1 rings (SSSR count). The molecule has 1 aromatic rings. The molecule has 0 heterocycles. The van der Waals surface area contributed by atoms with E-state index in [1.165, 1.54) is 0 Å². The van der Waals surface area contributed by atoms with Gasteiger partial charge in [-0.25, -0.2) is 0 Å². The average molecular weight is 202 g/mol. The zero-order chi connectivity index (χ0) is 11.1. The molecule has 15 heavy (non-hydrogen) atoms. The van der Waals surface area contributed by atoms with E-state index in [2.05, 4.69) is 17.2 Å². The third-order valence-corrected chi connectivity index (χ3v) is 1.83. The lowest BCUT2D eigenvalue weighted by atomic mass is 10.2. The van der Waals surface area contributed by atoms with E-state index in [0.717, 1.165) is 5.56 Å². The summed E-state index contributed by atoms with van der Waals surface area (Å²) in [4.78, 5) is 11.2. The number of rotatable bonds is 2. The first-order chi connectivity index (χ1) is 7.22.